The van der Waals surface area contributed by atoms with Gasteiger partial charge in [-0.05, 0) is 17.7 Å². The molecule has 0 amide bonds. The van der Waals surface area contributed by atoms with E-state index in [1.54, 1.807) is 31.4 Å². The minimum absolute atomic E-state index is 0.214. The van der Waals surface area contributed by atoms with Crippen molar-refractivity contribution >= 4 is 26.0 Å². The maximum atomic E-state index is 12.2. The summed E-state index contributed by atoms with van der Waals surface area (Å²) >= 11 is 3.33. The fourth-order valence-corrected chi connectivity index (χ4v) is 3.52. The lowest BCUT2D eigenvalue weighted by Crippen LogP contribution is -2.44. The van der Waals surface area contributed by atoms with Gasteiger partial charge < -0.3 is 9.47 Å². The molecule has 0 bridgehead atoms. The lowest BCUT2D eigenvalue weighted by Gasteiger charge is -2.25. The van der Waals surface area contributed by atoms with E-state index in [1.807, 2.05) is 0 Å². The first-order valence-corrected chi connectivity index (χ1v) is 8.89. The number of hydrogen-bond acceptors (Lipinski definition) is 4. The number of rotatable bonds is 6. The SMILES string of the molecule is COC1(CNS(=O)(=O)c2ccc(CBr)cc2)CCOC1. The predicted molar refractivity (Wildman–Crippen MR) is 79.4 cm³/mol. The van der Waals surface area contributed by atoms with Crippen LogP contribution in [0.4, 0.5) is 0 Å². The van der Waals surface area contributed by atoms with Crippen LogP contribution in [0.5, 0.6) is 0 Å². The molecule has 0 aliphatic carbocycles. The van der Waals surface area contributed by atoms with Crippen molar-refractivity contribution in [3.8, 4) is 0 Å². The predicted octanol–water partition coefficient (Wildman–Crippen LogP) is 1.67. The molecule has 20 heavy (non-hydrogen) atoms. The molecule has 1 aliphatic rings. The second kappa shape index (κ2) is 6.53. The molecule has 0 spiro atoms. The normalized spacial score (nSPS) is 23.1. The molecule has 1 heterocycles. The van der Waals surface area contributed by atoms with Gasteiger partial charge >= 0.3 is 0 Å². The Morgan fingerprint density at radius 3 is 2.60 bits per heavy atom. The molecule has 1 N–H and O–H groups in total. The van der Waals surface area contributed by atoms with Crippen molar-refractivity contribution in [1.29, 1.82) is 0 Å². The monoisotopic (exact) mass is 363 g/mol. The van der Waals surface area contributed by atoms with Crippen LogP contribution in [0.3, 0.4) is 0 Å². The zero-order valence-corrected chi connectivity index (χ0v) is 13.7. The molecule has 0 saturated carbocycles. The molecule has 1 fully saturated rings. The van der Waals surface area contributed by atoms with Gasteiger partial charge in [0.1, 0.15) is 5.60 Å². The Morgan fingerprint density at radius 1 is 1.40 bits per heavy atom. The smallest absolute Gasteiger partial charge is 0.240 e. The van der Waals surface area contributed by atoms with Gasteiger partial charge in [-0.3, -0.25) is 0 Å². The minimum atomic E-state index is -3.52. The van der Waals surface area contributed by atoms with Gasteiger partial charge in [-0.25, -0.2) is 13.1 Å². The average Bonchev–Trinajstić information content (AvgIpc) is 2.95. The van der Waals surface area contributed by atoms with Gasteiger partial charge in [0.15, 0.2) is 0 Å². The molecule has 1 aliphatic heterocycles. The number of alkyl halides is 1. The third-order valence-electron chi connectivity index (χ3n) is 3.47. The molecule has 5 nitrogen and oxygen atoms in total. The van der Waals surface area contributed by atoms with Crippen LogP contribution in [0.25, 0.3) is 0 Å². The number of ether oxygens (including phenoxy) is 2. The second-order valence-corrected chi connectivity index (χ2v) is 7.12. The van der Waals surface area contributed by atoms with Gasteiger partial charge in [0, 0.05) is 32.0 Å². The largest absolute Gasteiger partial charge is 0.378 e. The summed E-state index contributed by atoms with van der Waals surface area (Å²) in [6.45, 7) is 1.22. The summed E-state index contributed by atoms with van der Waals surface area (Å²) in [5.41, 5.74) is 0.476. The van der Waals surface area contributed by atoms with Crippen LogP contribution in [0, 0.1) is 0 Å². The molecule has 0 radical (unpaired) electrons. The van der Waals surface area contributed by atoms with Gasteiger partial charge in [0.25, 0.3) is 0 Å². The van der Waals surface area contributed by atoms with Crippen molar-refractivity contribution in [3.63, 3.8) is 0 Å². The van der Waals surface area contributed by atoms with Gasteiger partial charge in [-0.2, -0.15) is 0 Å². The van der Waals surface area contributed by atoms with E-state index in [-0.39, 0.29) is 11.4 Å². The van der Waals surface area contributed by atoms with E-state index in [1.165, 1.54) is 0 Å². The fraction of sp³-hybridized carbons (Fsp3) is 0.538. The third-order valence-corrected chi connectivity index (χ3v) is 5.54. The average molecular weight is 364 g/mol. The second-order valence-electron chi connectivity index (χ2n) is 4.79. The van der Waals surface area contributed by atoms with E-state index in [4.69, 9.17) is 9.47 Å². The zero-order chi connectivity index (χ0) is 14.6. The number of nitrogens with one attached hydrogen (secondary N) is 1. The van der Waals surface area contributed by atoms with Crippen LogP contribution >= 0.6 is 15.9 Å². The third kappa shape index (κ3) is 3.59. The number of methoxy groups -OCH3 is 1. The lowest BCUT2D eigenvalue weighted by atomic mass is 10.0. The van der Waals surface area contributed by atoms with E-state index < -0.39 is 15.6 Å². The first-order chi connectivity index (χ1) is 9.51. The Balaban J connectivity index is 2.06. The van der Waals surface area contributed by atoms with Crippen molar-refractivity contribution in [2.75, 3.05) is 26.9 Å². The quantitative estimate of drug-likeness (QED) is 0.780. The Kier molecular flexibility index (Phi) is 5.19. The molecule has 1 atom stereocenters. The van der Waals surface area contributed by atoms with Crippen molar-refractivity contribution < 1.29 is 17.9 Å². The minimum Gasteiger partial charge on any atom is -0.378 e. The van der Waals surface area contributed by atoms with Crippen LogP contribution in [-0.2, 0) is 24.8 Å². The van der Waals surface area contributed by atoms with Crippen molar-refractivity contribution in [2.24, 2.45) is 0 Å². The zero-order valence-electron chi connectivity index (χ0n) is 11.3. The maximum Gasteiger partial charge on any atom is 0.240 e. The molecule has 0 aromatic heterocycles. The van der Waals surface area contributed by atoms with E-state index in [0.717, 1.165) is 5.56 Å². The topological polar surface area (TPSA) is 64.6 Å². The molecule has 1 aromatic carbocycles. The van der Waals surface area contributed by atoms with E-state index in [0.29, 0.717) is 25.0 Å². The Labute approximate surface area is 127 Å². The standard InChI is InChI=1S/C13H18BrNO4S/c1-18-13(6-7-19-10-13)9-15-20(16,17)12-4-2-11(8-14)3-5-12/h2-5,15H,6-10H2,1H3. The summed E-state index contributed by atoms with van der Waals surface area (Å²) in [5.74, 6) is 0. The molecule has 1 aromatic rings. The molecular formula is C13H18BrNO4S. The van der Waals surface area contributed by atoms with Crippen LogP contribution < -0.4 is 4.72 Å². The highest BCUT2D eigenvalue weighted by Crippen LogP contribution is 2.22. The molecule has 112 valence electrons. The fourth-order valence-electron chi connectivity index (χ4n) is 2.03. The molecule has 2 rings (SSSR count). The van der Waals surface area contributed by atoms with Gasteiger partial charge in [0.2, 0.25) is 10.0 Å². The van der Waals surface area contributed by atoms with E-state index in [9.17, 15) is 8.42 Å². The molecule has 1 unspecified atom stereocenters. The summed E-state index contributed by atoms with van der Waals surface area (Å²) in [6.07, 6.45) is 0.689. The summed E-state index contributed by atoms with van der Waals surface area (Å²) < 4.78 is 37.8. The van der Waals surface area contributed by atoms with E-state index >= 15 is 0 Å². The first kappa shape index (κ1) is 15.9. The highest BCUT2D eigenvalue weighted by molar-refractivity contribution is 9.08. The van der Waals surface area contributed by atoms with Crippen molar-refractivity contribution in [2.45, 2.75) is 22.2 Å². The Hall–Kier alpha value is -0.470. The molecule has 7 heteroatoms. The van der Waals surface area contributed by atoms with Crippen LogP contribution in [0.1, 0.15) is 12.0 Å². The molecular weight excluding hydrogens is 346 g/mol. The lowest BCUT2D eigenvalue weighted by molar-refractivity contribution is -0.0120. The highest BCUT2D eigenvalue weighted by Gasteiger charge is 2.36. The number of benzene rings is 1. The maximum absolute atomic E-state index is 12.2. The highest BCUT2D eigenvalue weighted by atomic mass is 79.9. The van der Waals surface area contributed by atoms with Gasteiger partial charge in [0.05, 0.1) is 11.5 Å². The number of halogens is 1. The molecule has 1 saturated heterocycles. The Bertz CT molecular complexity index is 538. The van der Waals surface area contributed by atoms with Crippen molar-refractivity contribution in [1.82, 2.24) is 4.72 Å². The summed E-state index contributed by atoms with van der Waals surface area (Å²) in [4.78, 5) is 0.257. The number of sulfonamides is 1. The van der Waals surface area contributed by atoms with Gasteiger partial charge in [-0.1, -0.05) is 28.1 Å². The van der Waals surface area contributed by atoms with Crippen LogP contribution in [0.15, 0.2) is 29.2 Å². The summed E-state index contributed by atoms with van der Waals surface area (Å²) in [7, 11) is -1.94. The van der Waals surface area contributed by atoms with Crippen LogP contribution in [0.2, 0.25) is 0 Å². The summed E-state index contributed by atoms with van der Waals surface area (Å²) in [5, 5.41) is 0.699. The summed E-state index contributed by atoms with van der Waals surface area (Å²) in [6, 6.07) is 6.77. The van der Waals surface area contributed by atoms with E-state index in [2.05, 4.69) is 20.7 Å². The van der Waals surface area contributed by atoms with Gasteiger partial charge in [-0.15, -0.1) is 0 Å². The Morgan fingerprint density at radius 2 is 2.10 bits per heavy atom. The number of hydrogen-bond donors (Lipinski definition) is 1. The van der Waals surface area contributed by atoms with Crippen LogP contribution in [-0.4, -0.2) is 40.9 Å². The first-order valence-electron chi connectivity index (χ1n) is 6.29. The van der Waals surface area contributed by atoms with Crippen molar-refractivity contribution in [3.05, 3.63) is 29.8 Å².